The molecule has 0 spiro atoms. The first-order valence-corrected chi connectivity index (χ1v) is 29.9. The van der Waals surface area contributed by atoms with E-state index in [-0.39, 0.29) is 38.3 Å². The zero-order valence-corrected chi connectivity index (χ0v) is 42.2. The minimum Gasteiger partial charge on any atom is -0.748 e. The minimum atomic E-state index is -1.10. The molecule has 0 radical (unpaired) electrons. The summed E-state index contributed by atoms with van der Waals surface area (Å²) in [7, 11) is 6.91. The van der Waals surface area contributed by atoms with Crippen LogP contribution in [0, 0.1) is 5.92 Å². The Morgan fingerprint density at radius 1 is 0.548 bits per heavy atom. The number of halogens is 2. The monoisotopic (exact) mass is 1040 g/mol. The second-order valence-electron chi connectivity index (χ2n) is 14.6. The number of hydrogen-bond donors (Lipinski definition) is 0. The summed E-state index contributed by atoms with van der Waals surface area (Å²) in [6.45, 7) is 5.10. The smallest absolute Gasteiger partial charge is 0.174 e. The van der Waals surface area contributed by atoms with Gasteiger partial charge in [0.2, 0.25) is 0 Å². The molecule has 0 aromatic heterocycles. The van der Waals surface area contributed by atoms with Gasteiger partial charge in [0.1, 0.15) is 43.0 Å². The molecule has 1 unspecified atom stereocenters. The van der Waals surface area contributed by atoms with E-state index >= 15 is 0 Å². The molecular weight excluding hydrogens is 987 g/mol. The molecule has 0 fully saturated rings. The van der Waals surface area contributed by atoms with Gasteiger partial charge in [0.15, 0.2) is 5.90 Å². The molecule has 1 atom stereocenters. The van der Waals surface area contributed by atoms with E-state index in [1.807, 2.05) is 30.3 Å². The number of aliphatic imine (C=N–C) groups is 1. The van der Waals surface area contributed by atoms with Crippen molar-refractivity contribution in [2.45, 2.75) is 19.9 Å². The molecule has 8 aromatic rings. The fourth-order valence-electron chi connectivity index (χ4n) is 7.19. The van der Waals surface area contributed by atoms with Crippen LogP contribution in [-0.4, -0.2) is 24.4 Å². The normalized spacial score (nSPS) is 12.8. The third kappa shape index (κ3) is 14.8. The van der Waals surface area contributed by atoms with Crippen LogP contribution in [0.25, 0.3) is 0 Å². The molecule has 324 valence electrons. The topological polar surface area (TPSA) is 21.6 Å². The molecule has 0 aliphatic carbocycles. The van der Waals surface area contributed by atoms with Gasteiger partial charge < -0.3 is 35.1 Å². The number of rotatable bonds is 11. The Bertz CT molecular complexity index is 2170. The number of hydrogen-bond acceptors (Lipinski definition) is 2. The Balaban J connectivity index is 0.000000196. The van der Waals surface area contributed by atoms with Crippen molar-refractivity contribution in [2.75, 3.05) is 12.5 Å². The van der Waals surface area contributed by atoms with Crippen LogP contribution in [0.15, 0.2) is 236 Å². The van der Waals surface area contributed by atoms with Gasteiger partial charge in [-0.1, -0.05) is 129 Å². The van der Waals surface area contributed by atoms with Crippen LogP contribution in [0.3, 0.4) is 0 Å². The summed E-state index contributed by atoms with van der Waals surface area (Å²) in [5, 5.41) is 10.1. The molecule has 0 N–H and O–H groups in total. The second-order valence-corrected chi connectivity index (χ2v) is 25.3. The number of benzene rings is 6. The Morgan fingerprint density at radius 2 is 0.871 bits per heavy atom. The third-order valence-corrected chi connectivity index (χ3v) is 20.0. The largest absolute Gasteiger partial charge is 0.748 e. The van der Waals surface area contributed by atoms with Crippen LogP contribution in [0.2, 0.25) is 0 Å². The van der Waals surface area contributed by atoms with Crippen molar-refractivity contribution in [2.24, 2.45) is 10.9 Å². The van der Waals surface area contributed by atoms with E-state index in [0.717, 1.165) is 11.5 Å². The fourth-order valence-corrected chi connectivity index (χ4v) is 17.6. The van der Waals surface area contributed by atoms with Crippen molar-refractivity contribution >= 4 is 86.2 Å². The maximum atomic E-state index is 6.00. The van der Waals surface area contributed by atoms with Crippen molar-refractivity contribution in [3.63, 3.8) is 0 Å². The van der Waals surface area contributed by atoms with E-state index in [9.17, 15) is 0 Å². The van der Waals surface area contributed by atoms with Gasteiger partial charge in [-0.3, -0.25) is 4.99 Å². The predicted molar refractivity (Wildman–Crippen MR) is 273 cm³/mol. The summed E-state index contributed by atoms with van der Waals surface area (Å²) in [6, 6.07) is 82.9. The van der Waals surface area contributed by atoms with Crippen LogP contribution in [0.5, 0.6) is 0 Å². The molecule has 1 aliphatic heterocycles. The molecule has 0 amide bonds. The van der Waals surface area contributed by atoms with Crippen molar-refractivity contribution in [3.8, 4) is 0 Å². The van der Waals surface area contributed by atoms with E-state index in [1.54, 1.807) is 0 Å². The first-order valence-electron chi connectivity index (χ1n) is 20.5. The standard InChI is InChI=1S/C25H22P2.C23H24NOP.C5H5.2ClH.Fe.Ru/c1-5-13-22(14-6-1)26(23-15-7-2-8-16-23)21-27(24-17-9-3-10-18-24)25-19-11-4-12-20-25;1-17(2)21-16-25-23(24-21)20-14-9-15-22(20)26(18-10-5-3-6-11-18)19-12-7-4-8-13-19;1-2-4-5-3-1;;;;/h1-20H,21H2;3-15,17,21,26H,16H2,1-2H3;1-5H;2*1H;;/q;;-5;;;;+2. The molecule has 0 bridgehead atoms. The van der Waals surface area contributed by atoms with Crippen molar-refractivity contribution in [3.05, 3.63) is 236 Å². The molecule has 0 saturated carbocycles. The van der Waals surface area contributed by atoms with Gasteiger partial charge in [0.25, 0.3) is 0 Å². The molecule has 9 rings (SSSR count). The van der Waals surface area contributed by atoms with Gasteiger partial charge in [0.05, 0.1) is 31.2 Å². The second kappa shape index (κ2) is 27.6. The molecular formula is C53H53Cl2FeNOP3Ru-3. The van der Waals surface area contributed by atoms with E-state index < -0.39 is 23.8 Å². The Morgan fingerprint density at radius 3 is 1.18 bits per heavy atom. The SMILES string of the molecule is CC(C)C1COC(c2ccc[c-]2[PH+](c2ccccc2)c2ccccc2)=N1.[Cl][Ru][Cl].[Fe].[cH-]1[cH-][cH-][cH-][cH-]1.c1ccc([PH+](C[PH+](c2ccccc2)c2ccccc2)c2ccccc2)cc1. The molecule has 8 aromatic carbocycles. The maximum absolute atomic E-state index is 6.00. The summed E-state index contributed by atoms with van der Waals surface area (Å²) < 4.78 is 6.00. The van der Waals surface area contributed by atoms with E-state index in [0.29, 0.717) is 12.5 Å². The van der Waals surface area contributed by atoms with Gasteiger partial charge in [-0.15, -0.1) is 6.07 Å². The molecule has 1 heterocycles. The molecule has 1 aliphatic rings. The fraction of sp³-hybridized carbons (Fsp3) is 0.113. The van der Waals surface area contributed by atoms with Crippen molar-refractivity contribution in [1.29, 1.82) is 0 Å². The summed E-state index contributed by atoms with van der Waals surface area (Å²) in [5.74, 6) is 2.56. The van der Waals surface area contributed by atoms with E-state index in [1.165, 1.54) is 43.0 Å². The molecule has 0 saturated heterocycles. The van der Waals surface area contributed by atoms with Crippen LogP contribution in [-0.2, 0) is 37.0 Å². The van der Waals surface area contributed by atoms with Crippen LogP contribution in [0.4, 0.5) is 0 Å². The first kappa shape index (κ1) is 49.5. The molecule has 62 heavy (non-hydrogen) atoms. The Hall–Kier alpha value is -3.50. The quantitative estimate of drug-likeness (QED) is 0.0719. The summed E-state index contributed by atoms with van der Waals surface area (Å²) in [6.07, 6.45) is 0. The van der Waals surface area contributed by atoms with Crippen molar-refractivity contribution in [1.82, 2.24) is 0 Å². The average Bonchev–Trinajstić information content (AvgIpc) is 4.15. The zero-order chi connectivity index (χ0) is 42.5. The number of ether oxygens (including phenoxy) is 1. The van der Waals surface area contributed by atoms with Crippen LogP contribution in [0.1, 0.15) is 19.4 Å². The Labute approximate surface area is 399 Å². The summed E-state index contributed by atoms with van der Waals surface area (Å²) in [4.78, 5) is 4.87. The van der Waals surface area contributed by atoms with Gasteiger partial charge in [0, 0.05) is 22.4 Å². The Kier molecular flexibility index (Phi) is 22.1. The van der Waals surface area contributed by atoms with Crippen molar-refractivity contribution < 1.29 is 37.0 Å². The number of nitrogens with zero attached hydrogens (tertiary/aromatic N) is 1. The molecule has 9 heteroatoms. The maximum Gasteiger partial charge on any atom is 0.174 e. The van der Waals surface area contributed by atoms with Crippen LogP contribution >= 0.6 is 43.1 Å². The predicted octanol–water partition coefficient (Wildman–Crippen LogP) is 11.2. The van der Waals surface area contributed by atoms with Gasteiger partial charge in [-0.05, 0) is 78.7 Å². The summed E-state index contributed by atoms with van der Waals surface area (Å²) in [5.41, 5.74) is 1.16. The third-order valence-electron chi connectivity index (χ3n) is 10.3. The summed E-state index contributed by atoms with van der Waals surface area (Å²) >= 11 is -0.346. The zero-order valence-electron chi connectivity index (χ0n) is 34.8. The van der Waals surface area contributed by atoms with E-state index in [2.05, 4.69) is 214 Å². The van der Waals surface area contributed by atoms with Crippen LogP contribution < -0.4 is 37.1 Å². The van der Waals surface area contributed by atoms with E-state index in [4.69, 9.17) is 29.1 Å². The first-order chi connectivity index (χ1) is 30.1. The van der Waals surface area contributed by atoms with Gasteiger partial charge in [-0.2, -0.15) is 12.1 Å². The molecule has 2 nitrogen and oxygen atoms in total. The van der Waals surface area contributed by atoms with Gasteiger partial charge in [-0.25, -0.2) is 0 Å². The minimum absolute atomic E-state index is 0. The average molecular weight is 1040 g/mol. The van der Waals surface area contributed by atoms with Gasteiger partial charge >= 0.3 is 34.5 Å².